The number of nitrogens with zero attached hydrogens (tertiary/aromatic N) is 1. The van der Waals surface area contributed by atoms with Crippen LogP contribution in [0.25, 0.3) is 64.3 Å². The molecule has 0 aliphatic heterocycles. The Kier molecular flexibility index (Phi) is 7.07. The van der Waals surface area contributed by atoms with E-state index in [4.69, 9.17) is 0 Å². The summed E-state index contributed by atoms with van der Waals surface area (Å²) in [4.78, 5) is 2.35. The minimum atomic E-state index is 1.12. The number of benzene rings is 8. The van der Waals surface area contributed by atoms with Gasteiger partial charge in [-0.1, -0.05) is 127 Å². The third kappa shape index (κ3) is 5.23. The first-order valence-corrected chi connectivity index (χ1v) is 17.2. The molecule has 48 heavy (non-hydrogen) atoms. The Labute approximate surface area is 284 Å². The topological polar surface area (TPSA) is 3.24 Å². The quantitative estimate of drug-likeness (QED) is 0.177. The summed E-state index contributed by atoms with van der Waals surface area (Å²) in [5.74, 6) is 0. The molecule has 8 aromatic carbocycles. The first kappa shape index (κ1) is 28.3. The Bertz CT molecular complexity index is 2450. The van der Waals surface area contributed by atoms with Crippen molar-refractivity contribution in [2.45, 2.75) is 0 Å². The van der Waals surface area contributed by atoms with Gasteiger partial charge in [-0.15, -0.1) is 11.3 Å². The fraction of sp³-hybridized carbons (Fsp3) is 0. The SMILES string of the molecule is c1ccc(-c2ccc(N(c3ccc(-c4ccccc4)cc3)c3ccc4cc(-c5ccc6sc7ccccc7c6c5)ccc4c3)cc2)cc1. The number of rotatable bonds is 6. The fourth-order valence-corrected chi connectivity index (χ4v) is 7.86. The van der Waals surface area contributed by atoms with E-state index in [9.17, 15) is 0 Å². The summed E-state index contributed by atoms with van der Waals surface area (Å²) in [7, 11) is 0. The van der Waals surface area contributed by atoms with Crippen LogP contribution in [0.1, 0.15) is 0 Å². The second-order valence-electron chi connectivity index (χ2n) is 12.2. The van der Waals surface area contributed by atoms with Crippen LogP contribution in [-0.2, 0) is 0 Å². The smallest absolute Gasteiger partial charge is 0.0468 e. The van der Waals surface area contributed by atoms with Crippen molar-refractivity contribution in [3.8, 4) is 33.4 Å². The van der Waals surface area contributed by atoms with E-state index in [1.54, 1.807) is 0 Å². The lowest BCUT2D eigenvalue weighted by atomic mass is 9.99. The van der Waals surface area contributed by atoms with E-state index in [0.717, 1.165) is 17.1 Å². The molecule has 2 heteroatoms. The van der Waals surface area contributed by atoms with Crippen LogP contribution in [-0.4, -0.2) is 0 Å². The van der Waals surface area contributed by atoms with E-state index in [2.05, 4.69) is 193 Å². The predicted octanol–water partition coefficient (Wildman–Crippen LogP) is 13.7. The molecule has 0 atom stereocenters. The van der Waals surface area contributed by atoms with Gasteiger partial charge >= 0.3 is 0 Å². The molecule has 9 aromatic rings. The van der Waals surface area contributed by atoms with Crippen LogP contribution in [0.3, 0.4) is 0 Å². The normalized spacial score (nSPS) is 11.3. The highest BCUT2D eigenvalue weighted by Gasteiger charge is 2.15. The van der Waals surface area contributed by atoms with Crippen LogP contribution in [0, 0.1) is 0 Å². The maximum atomic E-state index is 2.35. The lowest BCUT2D eigenvalue weighted by molar-refractivity contribution is 1.29. The zero-order valence-corrected chi connectivity index (χ0v) is 27.1. The van der Waals surface area contributed by atoms with Gasteiger partial charge in [0, 0.05) is 37.2 Å². The Balaban J connectivity index is 1.10. The minimum absolute atomic E-state index is 1.12. The molecule has 226 valence electrons. The van der Waals surface area contributed by atoms with Crippen LogP contribution in [0.4, 0.5) is 17.1 Å². The van der Waals surface area contributed by atoms with Crippen LogP contribution in [0.2, 0.25) is 0 Å². The zero-order valence-electron chi connectivity index (χ0n) is 26.3. The molecule has 1 nitrogen and oxygen atoms in total. The number of fused-ring (bicyclic) bond motifs is 4. The van der Waals surface area contributed by atoms with E-state index in [0.29, 0.717) is 0 Å². The van der Waals surface area contributed by atoms with Gasteiger partial charge in [0.15, 0.2) is 0 Å². The molecule has 0 N–H and O–H groups in total. The van der Waals surface area contributed by atoms with Gasteiger partial charge in [-0.25, -0.2) is 0 Å². The summed E-state index contributed by atoms with van der Waals surface area (Å²) < 4.78 is 2.67. The molecule has 0 amide bonds. The standard InChI is InChI=1S/C46H31NS/c1-3-9-32(10-4-1)34-17-23-40(24-18-34)47(41-25-19-35(20-26-41)33-11-5-2-6-12-33)42-27-21-37-29-36(15-16-38(37)30-42)39-22-28-46-44(31-39)43-13-7-8-14-45(43)48-46/h1-31H. The van der Waals surface area contributed by atoms with Gasteiger partial charge in [-0.3, -0.25) is 0 Å². The van der Waals surface area contributed by atoms with E-state index in [1.165, 1.54) is 64.3 Å². The number of hydrogen-bond acceptors (Lipinski definition) is 2. The number of hydrogen-bond donors (Lipinski definition) is 0. The predicted molar refractivity (Wildman–Crippen MR) is 208 cm³/mol. The van der Waals surface area contributed by atoms with Crippen molar-refractivity contribution in [1.82, 2.24) is 0 Å². The molecule has 0 unspecified atom stereocenters. The van der Waals surface area contributed by atoms with Crippen molar-refractivity contribution in [3.63, 3.8) is 0 Å². The van der Waals surface area contributed by atoms with Gasteiger partial charge in [0.25, 0.3) is 0 Å². The third-order valence-electron chi connectivity index (χ3n) is 9.26. The average Bonchev–Trinajstić information content (AvgIpc) is 3.54. The summed E-state index contributed by atoms with van der Waals surface area (Å²) in [6.45, 7) is 0. The molecule has 9 rings (SSSR count). The average molecular weight is 630 g/mol. The highest BCUT2D eigenvalue weighted by atomic mass is 32.1. The minimum Gasteiger partial charge on any atom is -0.310 e. The lowest BCUT2D eigenvalue weighted by Crippen LogP contribution is -2.09. The van der Waals surface area contributed by atoms with Crippen LogP contribution < -0.4 is 4.90 Å². The zero-order chi connectivity index (χ0) is 31.9. The first-order valence-electron chi connectivity index (χ1n) is 16.3. The monoisotopic (exact) mass is 629 g/mol. The van der Waals surface area contributed by atoms with E-state index < -0.39 is 0 Å². The van der Waals surface area contributed by atoms with Crippen molar-refractivity contribution in [2.24, 2.45) is 0 Å². The lowest BCUT2D eigenvalue weighted by Gasteiger charge is -2.26. The molecule has 0 aliphatic carbocycles. The fourth-order valence-electron chi connectivity index (χ4n) is 6.77. The van der Waals surface area contributed by atoms with Gasteiger partial charge in [0.05, 0.1) is 0 Å². The summed E-state index contributed by atoms with van der Waals surface area (Å²) >= 11 is 1.86. The van der Waals surface area contributed by atoms with Crippen molar-refractivity contribution in [3.05, 3.63) is 188 Å². The van der Waals surface area contributed by atoms with Crippen molar-refractivity contribution >= 4 is 59.3 Å². The van der Waals surface area contributed by atoms with Gasteiger partial charge in [-0.05, 0) is 105 Å². The molecule has 0 bridgehead atoms. The highest BCUT2D eigenvalue weighted by Crippen LogP contribution is 2.40. The molecule has 1 aromatic heterocycles. The van der Waals surface area contributed by atoms with Crippen LogP contribution >= 0.6 is 11.3 Å². The molecular formula is C46H31NS. The molecule has 0 spiro atoms. The molecule has 1 heterocycles. The van der Waals surface area contributed by atoms with Crippen LogP contribution in [0.5, 0.6) is 0 Å². The molecule has 0 saturated carbocycles. The van der Waals surface area contributed by atoms with E-state index in [1.807, 2.05) is 11.3 Å². The van der Waals surface area contributed by atoms with Gasteiger partial charge in [0.1, 0.15) is 0 Å². The first-order chi connectivity index (χ1) is 23.8. The van der Waals surface area contributed by atoms with Gasteiger partial charge in [0.2, 0.25) is 0 Å². The second kappa shape index (κ2) is 12.0. The Morgan fingerprint density at radius 3 is 1.42 bits per heavy atom. The third-order valence-corrected chi connectivity index (χ3v) is 10.4. The Morgan fingerprint density at radius 1 is 0.292 bits per heavy atom. The maximum absolute atomic E-state index is 2.35. The summed E-state index contributed by atoms with van der Waals surface area (Å²) in [5, 5.41) is 5.10. The van der Waals surface area contributed by atoms with Crippen molar-refractivity contribution < 1.29 is 0 Å². The van der Waals surface area contributed by atoms with Crippen LogP contribution in [0.15, 0.2) is 188 Å². The van der Waals surface area contributed by atoms with Crippen molar-refractivity contribution in [2.75, 3.05) is 4.90 Å². The van der Waals surface area contributed by atoms with Gasteiger partial charge < -0.3 is 4.90 Å². The molecule has 0 aliphatic rings. The van der Waals surface area contributed by atoms with E-state index >= 15 is 0 Å². The number of thiophene rings is 1. The summed E-state index contributed by atoms with van der Waals surface area (Å²) in [6.07, 6.45) is 0. The Morgan fingerprint density at radius 2 is 0.750 bits per heavy atom. The van der Waals surface area contributed by atoms with Crippen molar-refractivity contribution in [1.29, 1.82) is 0 Å². The van der Waals surface area contributed by atoms with Gasteiger partial charge in [-0.2, -0.15) is 0 Å². The summed E-state index contributed by atoms with van der Waals surface area (Å²) in [6, 6.07) is 68.1. The summed E-state index contributed by atoms with van der Waals surface area (Å²) in [5.41, 5.74) is 10.7. The second-order valence-corrected chi connectivity index (χ2v) is 13.3. The maximum Gasteiger partial charge on any atom is 0.0468 e. The molecular weight excluding hydrogens is 599 g/mol. The Hall–Kier alpha value is -5.96. The number of anilines is 3. The van der Waals surface area contributed by atoms with E-state index in [-0.39, 0.29) is 0 Å². The largest absolute Gasteiger partial charge is 0.310 e. The highest BCUT2D eigenvalue weighted by molar-refractivity contribution is 7.25. The molecule has 0 saturated heterocycles. The molecule has 0 fully saturated rings. The molecule has 0 radical (unpaired) electrons.